The highest BCUT2D eigenvalue weighted by molar-refractivity contribution is 6.08. The maximum absolute atomic E-state index is 13.2. The molecule has 0 aliphatic heterocycles. The minimum Gasteiger partial charge on any atom is -0.320 e. The van der Waals surface area contributed by atoms with Gasteiger partial charge in [-0.1, -0.05) is 26.0 Å². The van der Waals surface area contributed by atoms with E-state index in [9.17, 15) is 4.79 Å². The number of hydrogen-bond donors (Lipinski definition) is 1. The molecule has 0 unspecified atom stereocenters. The zero-order valence-electron chi connectivity index (χ0n) is 19.2. The van der Waals surface area contributed by atoms with Crippen LogP contribution in [0, 0.1) is 13.8 Å². The zero-order chi connectivity index (χ0) is 23.1. The topological polar surface area (TPSA) is 77.1 Å². The fraction of sp³-hybridized carbons (Fsp3) is 0.231. The zero-order valence-corrected chi connectivity index (χ0v) is 19.2. The van der Waals surface area contributed by atoms with Gasteiger partial charge in [-0.05, 0) is 61.7 Å². The van der Waals surface area contributed by atoms with Crippen LogP contribution in [0.2, 0.25) is 0 Å². The largest absolute Gasteiger partial charge is 0.320 e. The van der Waals surface area contributed by atoms with Gasteiger partial charge in [0.25, 0.3) is 5.91 Å². The number of carbonyl (C=O) groups excluding carboxylic acids is 1. The van der Waals surface area contributed by atoms with Gasteiger partial charge in [0, 0.05) is 17.3 Å². The highest BCUT2D eigenvalue weighted by Gasteiger charge is 2.17. The lowest BCUT2D eigenvalue weighted by atomic mass is 10.1. The van der Waals surface area contributed by atoms with Crippen molar-refractivity contribution in [1.29, 1.82) is 0 Å². The Hall–Kier alpha value is -4.00. The molecular weight excluding hydrogens is 412 g/mol. The summed E-state index contributed by atoms with van der Waals surface area (Å²) < 4.78 is 3.75. The van der Waals surface area contributed by atoms with Gasteiger partial charge in [0.05, 0.1) is 35.3 Å². The molecule has 7 nitrogen and oxygen atoms in total. The molecule has 0 saturated carbocycles. The number of rotatable bonds is 5. The molecule has 0 atom stereocenters. The first-order valence-corrected chi connectivity index (χ1v) is 11.1. The lowest BCUT2D eigenvalue weighted by Gasteiger charge is -2.09. The third-order valence-electron chi connectivity index (χ3n) is 5.90. The first kappa shape index (κ1) is 20.9. The van der Waals surface area contributed by atoms with Crippen molar-refractivity contribution in [3.8, 4) is 0 Å². The van der Waals surface area contributed by atoms with Gasteiger partial charge >= 0.3 is 0 Å². The number of nitrogens with zero attached hydrogens (tertiary/aromatic N) is 5. The molecule has 0 fully saturated rings. The highest BCUT2D eigenvalue weighted by atomic mass is 16.1. The number of imidazole rings is 1. The van der Waals surface area contributed by atoms with Crippen molar-refractivity contribution in [3.05, 3.63) is 89.3 Å². The molecule has 33 heavy (non-hydrogen) atoms. The van der Waals surface area contributed by atoms with E-state index in [2.05, 4.69) is 29.1 Å². The smallest absolute Gasteiger partial charge is 0.274 e. The van der Waals surface area contributed by atoms with Gasteiger partial charge < -0.3 is 5.32 Å². The summed E-state index contributed by atoms with van der Waals surface area (Å²) in [6.45, 7) is 8.78. The number of pyridine rings is 2. The number of aryl methyl sites for hydroxylation is 2. The van der Waals surface area contributed by atoms with Gasteiger partial charge in [-0.2, -0.15) is 5.10 Å². The fourth-order valence-corrected chi connectivity index (χ4v) is 4.20. The number of carbonyl (C=O) groups is 1. The van der Waals surface area contributed by atoms with E-state index >= 15 is 0 Å². The van der Waals surface area contributed by atoms with Gasteiger partial charge in [0.1, 0.15) is 11.3 Å². The lowest BCUT2D eigenvalue weighted by molar-refractivity contribution is 0.102. The Morgan fingerprint density at radius 3 is 2.70 bits per heavy atom. The lowest BCUT2D eigenvalue weighted by Crippen LogP contribution is -2.14. The normalized spacial score (nSPS) is 11.5. The van der Waals surface area contributed by atoms with Crippen LogP contribution in [-0.4, -0.2) is 30.1 Å². The number of aromatic nitrogens is 5. The Morgan fingerprint density at radius 1 is 1.09 bits per heavy atom. The molecule has 1 aromatic carbocycles. The Bertz CT molecular complexity index is 1490. The van der Waals surface area contributed by atoms with Crippen LogP contribution in [0.5, 0.6) is 0 Å². The third-order valence-corrected chi connectivity index (χ3v) is 5.90. The number of hydrogen-bond acceptors (Lipinski definition) is 4. The maximum atomic E-state index is 13.2. The van der Waals surface area contributed by atoms with Gasteiger partial charge in [-0.3, -0.25) is 18.9 Å². The number of benzene rings is 1. The first-order chi connectivity index (χ1) is 15.9. The van der Waals surface area contributed by atoms with Crippen LogP contribution in [0.25, 0.3) is 16.6 Å². The van der Waals surface area contributed by atoms with E-state index in [0.29, 0.717) is 18.2 Å². The molecule has 4 heterocycles. The Balaban J connectivity index is 1.48. The average molecular weight is 439 g/mol. The van der Waals surface area contributed by atoms with Crippen LogP contribution in [0.1, 0.15) is 52.9 Å². The quantitative estimate of drug-likeness (QED) is 0.413. The summed E-state index contributed by atoms with van der Waals surface area (Å²) in [5.74, 6) is 0.191. The van der Waals surface area contributed by atoms with Crippen LogP contribution in [0.3, 0.4) is 0 Å². The van der Waals surface area contributed by atoms with Crippen molar-refractivity contribution in [2.75, 3.05) is 5.32 Å². The molecule has 0 bridgehead atoms. The second-order valence-electron chi connectivity index (χ2n) is 8.65. The van der Waals surface area contributed by atoms with Crippen LogP contribution >= 0.6 is 0 Å². The van der Waals surface area contributed by atoms with Gasteiger partial charge in [0.2, 0.25) is 0 Å². The molecule has 1 amide bonds. The summed E-state index contributed by atoms with van der Waals surface area (Å²) in [5.41, 5.74) is 6.90. The Morgan fingerprint density at radius 2 is 1.91 bits per heavy atom. The summed E-state index contributed by atoms with van der Waals surface area (Å²) in [7, 11) is 0. The van der Waals surface area contributed by atoms with Gasteiger partial charge in [0.15, 0.2) is 0 Å². The number of amides is 1. The molecule has 0 aliphatic carbocycles. The maximum Gasteiger partial charge on any atom is 0.274 e. The summed E-state index contributed by atoms with van der Waals surface area (Å²) in [6.07, 6.45) is 3.53. The van der Waals surface area contributed by atoms with Crippen LogP contribution in [-0.2, 0) is 6.54 Å². The van der Waals surface area contributed by atoms with Crippen LogP contribution in [0.4, 0.5) is 5.69 Å². The number of fused-ring (bicyclic) bond motifs is 2. The molecule has 0 saturated heterocycles. The van der Waals surface area contributed by atoms with Crippen molar-refractivity contribution in [2.45, 2.75) is 40.2 Å². The predicted octanol–water partition coefficient (Wildman–Crippen LogP) is 5.12. The highest BCUT2D eigenvalue weighted by Crippen LogP contribution is 2.28. The summed E-state index contributed by atoms with van der Waals surface area (Å²) in [6, 6.07) is 15.9. The summed E-state index contributed by atoms with van der Waals surface area (Å²) in [4.78, 5) is 22.2. The van der Waals surface area contributed by atoms with Gasteiger partial charge in [-0.15, -0.1) is 0 Å². The standard InChI is InChI=1S/C26H26N6O/c1-16(2)19-11-12-31-23(14-27-24(31)13-19)26(33)29-21-9-6-10-22-25(21)18(4)30-32(22)15-20-8-5-7-17(3)28-20/h5-14,16H,15H2,1-4H3,(H,29,33). The Kier molecular flexibility index (Phi) is 5.17. The number of anilines is 1. The summed E-state index contributed by atoms with van der Waals surface area (Å²) in [5, 5.41) is 8.73. The molecular formula is C26H26N6O. The van der Waals surface area contributed by atoms with Crippen molar-refractivity contribution in [2.24, 2.45) is 0 Å². The van der Waals surface area contributed by atoms with Crippen molar-refractivity contribution in [1.82, 2.24) is 24.1 Å². The molecule has 0 radical (unpaired) electrons. The van der Waals surface area contributed by atoms with E-state index < -0.39 is 0 Å². The van der Waals surface area contributed by atoms with Gasteiger partial charge in [-0.25, -0.2) is 4.98 Å². The molecule has 1 N–H and O–H groups in total. The fourth-order valence-electron chi connectivity index (χ4n) is 4.20. The molecule has 0 aliphatic rings. The monoisotopic (exact) mass is 438 g/mol. The van der Waals surface area contributed by atoms with E-state index in [1.54, 1.807) is 6.20 Å². The summed E-state index contributed by atoms with van der Waals surface area (Å²) >= 11 is 0. The van der Waals surface area contributed by atoms with Crippen molar-refractivity contribution in [3.63, 3.8) is 0 Å². The van der Waals surface area contributed by atoms with E-state index in [-0.39, 0.29) is 5.91 Å². The second-order valence-corrected chi connectivity index (χ2v) is 8.65. The van der Waals surface area contributed by atoms with E-state index in [4.69, 9.17) is 5.10 Å². The minimum atomic E-state index is -0.209. The predicted molar refractivity (Wildman–Crippen MR) is 130 cm³/mol. The number of nitrogens with one attached hydrogen (secondary N) is 1. The average Bonchev–Trinajstić information content (AvgIpc) is 3.35. The van der Waals surface area contributed by atoms with Crippen LogP contribution < -0.4 is 5.32 Å². The first-order valence-electron chi connectivity index (χ1n) is 11.1. The molecule has 5 aromatic rings. The van der Waals surface area contributed by atoms with E-state index in [0.717, 1.165) is 39.3 Å². The van der Waals surface area contributed by atoms with E-state index in [1.807, 2.05) is 77.7 Å². The molecule has 166 valence electrons. The molecule has 7 heteroatoms. The molecule has 5 rings (SSSR count). The van der Waals surface area contributed by atoms with E-state index in [1.165, 1.54) is 5.56 Å². The molecule has 4 aromatic heterocycles. The molecule has 0 spiro atoms. The minimum absolute atomic E-state index is 0.209. The second kappa shape index (κ2) is 8.16. The Labute approximate surface area is 192 Å². The van der Waals surface area contributed by atoms with Crippen molar-refractivity contribution < 1.29 is 4.79 Å². The SMILES string of the molecule is Cc1cccc(Cn2nc(C)c3c(NC(=O)c4cnc5cc(C(C)C)ccn45)cccc32)n1. The third kappa shape index (κ3) is 3.86. The van der Waals surface area contributed by atoms with Crippen LogP contribution in [0.15, 0.2) is 60.9 Å². The van der Waals surface area contributed by atoms with Crippen molar-refractivity contribution >= 4 is 28.1 Å².